The Hall–Kier alpha value is -1.65. The zero-order valence-corrected chi connectivity index (χ0v) is 10.1. The summed E-state index contributed by atoms with van der Waals surface area (Å²) in [5.74, 6) is 0.676. The van der Waals surface area contributed by atoms with Crippen molar-refractivity contribution in [2.45, 2.75) is 39.7 Å². The van der Waals surface area contributed by atoms with Gasteiger partial charge in [0.2, 0.25) is 0 Å². The van der Waals surface area contributed by atoms with Crippen molar-refractivity contribution in [2.75, 3.05) is 5.32 Å². The normalized spacial score (nSPS) is 11.2. The van der Waals surface area contributed by atoms with Crippen LogP contribution < -0.4 is 5.32 Å². The first-order valence-corrected chi connectivity index (χ1v) is 5.26. The van der Waals surface area contributed by atoms with Gasteiger partial charge < -0.3 is 5.32 Å². The van der Waals surface area contributed by atoms with Gasteiger partial charge in [0.1, 0.15) is 11.5 Å². The van der Waals surface area contributed by atoms with Crippen LogP contribution in [0.25, 0.3) is 0 Å². The van der Waals surface area contributed by atoms with E-state index in [9.17, 15) is 10.1 Å². The summed E-state index contributed by atoms with van der Waals surface area (Å²) in [6.07, 6.45) is 0.949. The van der Waals surface area contributed by atoms with E-state index in [2.05, 4.69) is 31.1 Å². The molecule has 0 bridgehead atoms. The summed E-state index contributed by atoms with van der Waals surface area (Å²) in [6, 6.07) is 3.12. The van der Waals surface area contributed by atoms with Gasteiger partial charge in [0.05, 0.1) is 4.92 Å². The molecule has 16 heavy (non-hydrogen) atoms. The predicted molar refractivity (Wildman–Crippen MR) is 63.6 cm³/mol. The molecule has 88 valence electrons. The predicted octanol–water partition coefficient (Wildman–Crippen LogP) is 2.90. The summed E-state index contributed by atoms with van der Waals surface area (Å²) < 4.78 is 0. The molecule has 0 atom stereocenters. The molecule has 0 radical (unpaired) electrons. The van der Waals surface area contributed by atoms with E-state index in [1.807, 2.05) is 0 Å². The first-order chi connectivity index (χ1) is 7.35. The second kappa shape index (κ2) is 4.47. The van der Waals surface area contributed by atoms with Crippen LogP contribution in [0.5, 0.6) is 0 Å². The van der Waals surface area contributed by atoms with E-state index in [-0.39, 0.29) is 11.2 Å². The molecule has 0 fully saturated rings. The molecule has 0 saturated heterocycles. The fraction of sp³-hybridized carbons (Fsp3) is 0.545. The molecule has 0 saturated carbocycles. The van der Waals surface area contributed by atoms with E-state index in [0.29, 0.717) is 11.5 Å². The second-order valence-electron chi connectivity index (χ2n) is 4.42. The molecule has 1 N–H and O–H groups in total. The molecule has 1 heterocycles. The standard InChI is InChI=1S/C11H17N3O2/c1-5-11(3,4)13-10-7-6-9(14(15)16)8(2)12-10/h6-7H,5H2,1-4H3,(H,12,13). The van der Waals surface area contributed by atoms with Gasteiger partial charge in [-0.1, -0.05) is 6.92 Å². The smallest absolute Gasteiger partial charge is 0.290 e. The Morgan fingerprint density at radius 2 is 2.12 bits per heavy atom. The number of hydrogen-bond donors (Lipinski definition) is 1. The van der Waals surface area contributed by atoms with Crippen LogP contribution in [0.1, 0.15) is 32.9 Å². The van der Waals surface area contributed by atoms with E-state index in [0.717, 1.165) is 6.42 Å². The second-order valence-corrected chi connectivity index (χ2v) is 4.42. The molecule has 0 spiro atoms. The molecule has 1 rings (SSSR count). The maximum absolute atomic E-state index is 10.6. The zero-order valence-electron chi connectivity index (χ0n) is 10.1. The van der Waals surface area contributed by atoms with Gasteiger partial charge in [0, 0.05) is 11.6 Å². The third kappa shape index (κ3) is 2.92. The molecule has 1 aromatic rings. The number of hydrogen-bond acceptors (Lipinski definition) is 4. The number of aromatic nitrogens is 1. The topological polar surface area (TPSA) is 68.1 Å². The molecule has 0 unspecified atom stereocenters. The number of rotatable bonds is 4. The number of nitrogens with zero attached hydrogens (tertiary/aromatic N) is 2. The molecule has 0 aliphatic carbocycles. The first-order valence-electron chi connectivity index (χ1n) is 5.26. The number of nitrogens with one attached hydrogen (secondary N) is 1. The molecule has 0 aromatic carbocycles. The Morgan fingerprint density at radius 1 is 1.50 bits per heavy atom. The molecule has 0 aliphatic rings. The number of anilines is 1. The summed E-state index contributed by atoms with van der Waals surface area (Å²) in [5.41, 5.74) is 0.428. The highest BCUT2D eigenvalue weighted by Gasteiger charge is 2.17. The van der Waals surface area contributed by atoms with Gasteiger partial charge >= 0.3 is 0 Å². The fourth-order valence-corrected chi connectivity index (χ4v) is 1.25. The van der Waals surface area contributed by atoms with Crippen molar-refractivity contribution in [3.63, 3.8) is 0 Å². The van der Waals surface area contributed by atoms with Gasteiger partial charge in [0.25, 0.3) is 5.69 Å². The molecular formula is C11H17N3O2. The van der Waals surface area contributed by atoms with Crippen molar-refractivity contribution in [3.8, 4) is 0 Å². The third-order valence-electron chi connectivity index (χ3n) is 2.60. The summed E-state index contributed by atoms with van der Waals surface area (Å²) in [7, 11) is 0. The van der Waals surface area contributed by atoms with Crippen LogP contribution in [0.4, 0.5) is 11.5 Å². The fourth-order valence-electron chi connectivity index (χ4n) is 1.25. The average molecular weight is 223 g/mol. The molecule has 1 aromatic heterocycles. The minimum Gasteiger partial charge on any atom is -0.365 e. The van der Waals surface area contributed by atoms with Crippen LogP contribution in [0, 0.1) is 17.0 Å². The highest BCUT2D eigenvalue weighted by molar-refractivity contribution is 5.46. The quantitative estimate of drug-likeness (QED) is 0.629. The molecule has 5 heteroatoms. The van der Waals surface area contributed by atoms with E-state index in [4.69, 9.17) is 0 Å². The van der Waals surface area contributed by atoms with Crippen molar-refractivity contribution in [3.05, 3.63) is 27.9 Å². The Kier molecular flexibility index (Phi) is 3.47. The minimum atomic E-state index is -0.420. The molecule has 5 nitrogen and oxygen atoms in total. The summed E-state index contributed by atoms with van der Waals surface area (Å²) in [4.78, 5) is 14.4. The van der Waals surface area contributed by atoms with Crippen molar-refractivity contribution in [1.82, 2.24) is 4.98 Å². The number of nitro groups is 1. The largest absolute Gasteiger partial charge is 0.365 e. The summed E-state index contributed by atoms with van der Waals surface area (Å²) in [5, 5.41) is 13.9. The zero-order chi connectivity index (χ0) is 12.3. The molecule has 0 amide bonds. The van der Waals surface area contributed by atoms with E-state index in [1.54, 1.807) is 13.0 Å². The first kappa shape index (κ1) is 12.4. The van der Waals surface area contributed by atoms with Crippen LogP contribution in [0.3, 0.4) is 0 Å². The van der Waals surface area contributed by atoms with Crippen LogP contribution in [-0.2, 0) is 0 Å². The van der Waals surface area contributed by atoms with Crippen LogP contribution >= 0.6 is 0 Å². The van der Waals surface area contributed by atoms with Gasteiger partial charge in [-0.05, 0) is 33.3 Å². The van der Waals surface area contributed by atoms with E-state index >= 15 is 0 Å². The lowest BCUT2D eigenvalue weighted by atomic mass is 10.0. The Morgan fingerprint density at radius 3 is 2.56 bits per heavy atom. The maximum Gasteiger partial charge on any atom is 0.290 e. The Labute approximate surface area is 95.0 Å². The summed E-state index contributed by atoms with van der Waals surface area (Å²) in [6.45, 7) is 7.84. The van der Waals surface area contributed by atoms with Crippen LogP contribution in [0.15, 0.2) is 12.1 Å². The average Bonchev–Trinajstić information content (AvgIpc) is 2.16. The number of aryl methyl sites for hydroxylation is 1. The lowest BCUT2D eigenvalue weighted by Gasteiger charge is -2.25. The van der Waals surface area contributed by atoms with Crippen molar-refractivity contribution >= 4 is 11.5 Å². The Bertz CT molecular complexity index is 402. The lowest BCUT2D eigenvalue weighted by Crippen LogP contribution is -2.30. The van der Waals surface area contributed by atoms with Gasteiger partial charge in [-0.2, -0.15) is 0 Å². The molecular weight excluding hydrogens is 206 g/mol. The van der Waals surface area contributed by atoms with Crippen molar-refractivity contribution < 1.29 is 4.92 Å². The van der Waals surface area contributed by atoms with Crippen LogP contribution in [-0.4, -0.2) is 15.4 Å². The van der Waals surface area contributed by atoms with Gasteiger partial charge in [0.15, 0.2) is 0 Å². The highest BCUT2D eigenvalue weighted by Crippen LogP contribution is 2.21. The maximum atomic E-state index is 10.6. The number of pyridine rings is 1. The van der Waals surface area contributed by atoms with Gasteiger partial charge in [-0.25, -0.2) is 4.98 Å². The van der Waals surface area contributed by atoms with Gasteiger partial charge in [-0.15, -0.1) is 0 Å². The SMILES string of the molecule is CCC(C)(C)Nc1ccc([N+](=O)[O-])c(C)n1. The highest BCUT2D eigenvalue weighted by atomic mass is 16.6. The lowest BCUT2D eigenvalue weighted by molar-refractivity contribution is -0.385. The van der Waals surface area contributed by atoms with Crippen LogP contribution in [0.2, 0.25) is 0 Å². The Balaban J connectivity index is 2.94. The van der Waals surface area contributed by atoms with Crippen molar-refractivity contribution in [1.29, 1.82) is 0 Å². The molecule has 0 aliphatic heterocycles. The summed E-state index contributed by atoms with van der Waals surface area (Å²) >= 11 is 0. The third-order valence-corrected chi connectivity index (χ3v) is 2.60. The minimum absolute atomic E-state index is 0.0554. The van der Waals surface area contributed by atoms with E-state index < -0.39 is 4.92 Å². The van der Waals surface area contributed by atoms with Crippen molar-refractivity contribution in [2.24, 2.45) is 0 Å². The van der Waals surface area contributed by atoms with Gasteiger partial charge in [-0.3, -0.25) is 10.1 Å². The van der Waals surface area contributed by atoms with E-state index in [1.165, 1.54) is 6.07 Å². The monoisotopic (exact) mass is 223 g/mol.